The molecule has 2 fully saturated rings. The first-order valence-corrected chi connectivity index (χ1v) is 16.4. The van der Waals surface area contributed by atoms with E-state index in [0.29, 0.717) is 6.54 Å². The van der Waals surface area contributed by atoms with E-state index in [4.69, 9.17) is 14.2 Å². The van der Waals surface area contributed by atoms with Gasteiger partial charge in [0, 0.05) is 49.1 Å². The van der Waals surface area contributed by atoms with Crippen molar-refractivity contribution in [2.45, 2.75) is 76.9 Å². The van der Waals surface area contributed by atoms with Crippen molar-refractivity contribution in [1.82, 2.24) is 9.80 Å². The third-order valence-corrected chi connectivity index (χ3v) is 10.4. The van der Waals surface area contributed by atoms with Gasteiger partial charge in [0.05, 0.1) is 26.9 Å². The topological polar surface area (TPSA) is 51.2 Å². The van der Waals surface area contributed by atoms with Gasteiger partial charge in [0.15, 0.2) is 0 Å². The van der Waals surface area contributed by atoms with E-state index in [2.05, 4.69) is 85.2 Å². The van der Waals surface area contributed by atoms with E-state index >= 15 is 0 Å². The molecule has 1 aliphatic carbocycles. The highest BCUT2D eigenvalue weighted by molar-refractivity contribution is 5.83. The largest absolute Gasteiger partial charge is 0.497 e. The number of carbonyl (C=O) groups excluding carboxylic acids is 1. The van der Waals surface area contributed by atoms with E-state index in [0.717, 1.165) is 69.0 Å². The Morgan fingerprint density at radius 2 is 1.49 bits per heavy atom. The number of carbonyl (C=O) groups is 1. The average Bonchev–Trinajstić information content (AvgIpc) is 3.05. The summed E-state index contributed by atoms with van der Waals surface area (Å²) in [4.78, 5) is 19.5. The number of methoxy groups -OCH3 is 3. The van der Waals surface area contributed by atoms with Crippen LogP contribution in [0.3, 0.4) is 0 Å². The molecule has 1 unspecified atom stereocenters. The number of aryl methyl sites for hydroxylation is 1. The molecule has 6 heteroatoms. The summed E-state index contributed by atoms with van der Waals surface area (Å²) in [6.45, 7) is 10.1. The normalized spacial score (nSPS) is 21.7. The van der Waals surface area contributed by atoms with Crippen LogP contribution < -0.4 is 14.2 Å². The Balaban J connectivity index is 1.39. The van der Waals surface area contributed by atoms with Crippen LogP contribution in [0.5, 0.6) is 17.2 Å². The van der Waals surface area contributed by atoms with E-state index in [1.54, 1.807) is 21.3 Å². The summed E-state index contributed by atoms with van der Waals surface area (Å²) in [6, 6.07) is 21.1. The molecular formula is C39H48N2O4. The van der Waals surface area contributed by atoms with Gasteiger partial charge in [0.2, 0.25) is 5.91 Å². The monoisotopic (exact) mass is 608 g/mol. The van der Waals surface area contributed by atoms with Gasteiger partial charge in [-0.05, 0) is 78.1 Å². The van der Waals surface area contributed by atoms with Crippen molar-refractivity contribution in [2.24, 2.45) is 5.92 Å². The molecule has 1 atom stereocenters. The Hall–Kier alpha value is -3.77. The second-order valence-corrected chi connectivity index (χ2v) is 13.6. The van der Waals surface area contributed by atoms with Gasteiger partial charge in [-0.2, -0.15) is 0 Å². The lowest BCUT2D eigenvalue weighted by Gasteiger charge is -2.56. The standard InChI is InChI=1S/C39H48N2O4/c1-7-27-17-30-21-31-22-32(24-38(2,3)36(30)35(20-27)45-6)39(41(37(31)42)26-28-11-9-8-10-12-28)13-15-40(16-14-39)25-29-18-33(43-4)23-34(19-29)44-5/h8-12,17-20,23-24,31H,7,13-16,21-22,25-26H2,1-6H3/b32-24+. The average molecular weight is 609 g/mol. The number of hydrogen-bond acceptors (Lipinski definition) is 5. The molecule has 2 heterocycles. The van der Waals surface area contributed by atoms with Gasteiger partial charge in [-0.3, -0.25) is 9.69 Å². The van der Waals surface area contributed by atoms with Crippen molar-refractivity contribution < 1.29 is 19.0 Å². The molecule has 2 saturated heterocycles. The Bertz CT molecular complexity index is 1550. The van der Waals surface area contributed by atoms with Crippen molar-refractivity contribution in [3.05, 3.63) is 100 Å². The van der Waals surface area contributed by atoms with Gasteiger partial charge in [-0.25, -0.2) is 0 Å². The number of piperidine rings is 2. The second kappa shape index (κ2) is 12.6. The van der Waals surface area contributed by atoms with Gasteiger partial charge >= 0.3 is 0 Å². The summed E-state index contributed by atoms with van der Waals surface area (Å²) in [5, 5.41) is 0. The number of allylic oxidation sites excluding steroid dienone is 1. The zero-order chi connectivity index (χ0) is 31.8. The third-order valence-electron chi connectivity index (χ3n) is 10.4. The molecule has 6 nitrogen and oxygen atoms in total. The fourth-order valence-electron chi connectivity index (χ4n) is 8.15. The molecule has 3 aromatic carbocycles. The number of rotatable bonds is 8. The number of fused-ring (bicyclic) bond motifs is 4. The maximum Gasteiger partial charge on any atom is 0.227 e. The number of likely N-dealkylation sites (tertiary alicyclic amines) is 2. The molecule has 0 aromatic heterocycles. The lowest BCUT2D eigenvalue weighted by molar-refractivity contribution is -0.147. The van der Waals surface area contributed by atoms with Crippen LogP contribution in [0.15, 0.2) is 72.3 Å². The molecule has 3 aromatic rings. The quantitative estimate of drug-likeness (QED) is 0.255. The Morgan fingerprint density at radius 1 is 0.800 bits per heavy atom. The summed E-state index contributed by atoms with van der Waals surface area (Å²) in [5.74, 6) is 2.75. The smallest absolute Gasteiger partial charge is 0.227 e. The highest BCUT2D eigenvalue weighted by Crippen LogP contribution is 2.50. The highest BCUT2D eigenvalue weighted by atomic mass is 16.5. The lowest BCUT2D eigenvalue weighted by Crippen LogP contribution is -2.62. The van der Waals surface area contributed by atoms with Crippen LogP contribution in [0.4, 0.5) is 0 Å². The minimum Gasteiger partial charge on any atom is -0.497 e. The minimum absolute atomic E-state index is 0.0838. The molecular weight excluding hydrogens is 560 g/mol. The zero-order valence-corrected chi connectivity index (χ0v) is 27.8. The van der Waals surface area contributed by atoms with Crippen LogP contribution in [-0.2, 0) is 36.1 Å². The van der Waals surface area contributed by atoms with E-state index in [9.17, 15) is 4.79 Å². The number of ether oxygens (including phenoxy) is 3. The van der Waals surface area contributed by atoms with E-state index < -0.39 is 0 Å². The number of benzene rings is 3. The van der Waals surface area contributed by atoms with Crippen molar-refractivity contribution in [1.29, 1.82) is 0 Å². The van der Waals surface area contributed by atoms with Crippen LogP contribution >= 0.6 is 0 Å². The van der Waals surface area contributed by atoms with Crippen LogP contribution in [0.25, 0.3) is 0 Å². The Kier molecular flexibility index (Phi) is 8.71. The zero-order valence-electron chi connectivity index (χ0n) is 27.8. The summed E-state index contributed by atoms with van der Waals surface area (Å²) in [7, 11) is 5.16. The molecule has 0 N–H and O–H groups in total. The summed E-state index contributed by atoms with van der Waals surface area (Å²) < 4.78 is 17.1. The van der Waals surface area contributed by atoms with Crippen molar-refractivity contribution >= 4 is 5.91 Å². The molecule has 2 bridgehead atoms. The number of hydrogen-bond donors (Lipinski definition) is 0. The fraction of sp³-hybridized carbons (Fsp3) is 0.462. The highest BCUT2D eigenvalue weighted by Gasteiger charge is 2.52. The molecule has 0 radical (unpaired) electrons. The first-order valence-electron chi connectivity index (χ1n) is 16.4. The second-order valence-electron chi connectivity index (χ2n) is 13.6. The number of amides is 1. The summed E-state index contributed by atoms with van der Waals surface area (Å²) in [5.41, 5.74) is 6.95. The Labute approximate surface area is 269 Å². The van der Waals surface area contributed by atoms with E-state index in [1.807, 2.05) is 12.1 Å². The number of nitrogens with zero attached hydrogens (tertiary/aromatic N) is 2. The molecule has 1 spiro atoms. The van der Waals surface area contributed by atoms with Gasteiger partial charge in [-0.1, -0.05) is 63.2 Å². The van der Waals surface area contributed by atoms with Crippen LogP contribution in [0, 0.1) is 5.92 Å². The maximum absolute atomic E-state index is 14.7. The van der Waals surface area contributed by atoms with Gasteiger partial charge in [0.25, 0.3) is 0 Å². The Morgan fingerprint density at radius 3 is 2.11 bits per heavy atom. The first-order chi connectivity index (χ1) is 21.7. The van der Waals surface area contributed by atoms with Gasteiger partial charge in [0.1, 0.15) is 17.2 Å². The van der Waals surface area contributed by atoms with Crippen LogP contribution in [0.2, 0.25) is 0 Å². The SMILES string of the molecule is CCc1cc2c(c(OC)c1)C(C)(C)/C=C1\CC(C2)C(=O)N(Cc2ccccc2)C12CCN(Cc1cc(OC)cc(OC)c1)CC2. The van der Waals surface area contributed by atoms with Crippen LogP contribution in [0.1, 0.15) is 67.9 Å². The van der Waals surface area contributed by atoms with Crippen molar-refractivity contribution in [3.63, 3.8) is 0 Å². The van der Waals surface area contributed by atoms with Gasteiger partial charge in [-0.15, -0.1) is 0 Å². The molecule has 45 heavy (non-hydrogen) atoms. The van der Waals surface area contributed by atoms with Crippen LogP contribution in [-0.4, -0.2) is 55.7 Å². The molecule has 238 valence electrons. The van der Waals surface area contributed by atoms with Gasteiger partial charge < -0.3 is 19.1 Å². The molecule has 1 amide bonds. The fourth-order valence-corrected chi connectivity index (χ4v) is 8.15. The predicted octanol–water partition coefficient (Wildman–Crippen LogP) is 7.12. The molecule has 6 rings (SSSR count). The lowest BCUT2D eigenvalue weighted by atomic mass is 9.65. The van der Waals surface area contributed by atoms with E-state index in [1.165, 1.54) is 33.4 Å². The summed E-state index contributed by atoms with van der Waals surface area (Å²) >= 11 is 0. The summed E-state index contributed by atoms with van der Waals surface area (Å²) in [6.07, 6.45) is 6.81. The molecule has 3 aliphatic rings. The minimum atomic E-state index is -0.322. The molecule has 0 saturated carbocycles. The van der Waals surface area contributed by atoms with E-state index in [-0.39, 0.29) is 22.8 Å². The first kappa shape index (κ1) is 31.2. The third kappa shape index (κ3) is 5.97. The molecule has 2 aliphatic heterocycles. The van der Waals surface area contributed by atoms with Crippen molar-refractivity contribution in [3.8, 4) is 17.2 Å². The van der Waals surface area contributed by atoms with Crippen molar-refractivity contribution in [2.75, 3.05) is 34.4 Å². The maximum atomic E-state index is 14.7. The predicted molar refractivity (Wildman–Crippen MR) is 179 cm³/mol.